The van der Waals surface area contributed by atoms with Crippen LogP contribution in [0.2, 0.25) is 0 Å². The Morgan fingerprint density at radius 3 is 2.48 bits per heavy atom. The molecular weight excluding hydrogens is 322 g/mol. The Kier molecular flexibility index (Phi) is 5.28. The molecule has 1 aromatic rings. The van der Waals surface area contributed by atoms with E-state index in [1.54, 1.807) is 26.0 Å². The first-order valence-corrected chi connectivity index (χ1v) is 8.47. The molecule has 0 saturated carbocycles. The maximum absolute atomic E-state index is 12.2. The van der Waals surface area contributed by atoms with Gasteiger partial charge in [-0.1, -0.05) is 22.8 Å². The summed E-state index contributed by atoms with van der Waals surface area (Å²) in [5, 5.41) is 3.45. The van der Waals surface area contributed by atoms with E-state index < -0.39 is 28.1 Å². The van der Waals surface area contributed by atoms with Gasteiger partial charge in [-0.3, -0.25) is 4.18 Å². The van der Waals surface area contributed by atoms with Gasteiger partial charge in [0.05, 0.1) is 24.2 Å². The Morgan fingerprint density at radius 1 is 1.26 bits per heavy atom. The zero-order valence-corrected chi connectivity index (χ0v) is 14.0. The van der Waals surface area contributed by atoms with E-state index in [0.29, 0.717) is 0 Å². The highest BCUT2D eigenvalue weighted by Gasteiger charge is 2.41. The summed E-state index contributed by atoms with van der Waals surface area (Å²) in [6.45, 7) is 5.09. The Labute approximate surface area is 135 Å². The van der Waals surface area contributed by atoms with Crippen molar-refractivity contribution in [2.75, 3.05) is 13.2 Å². The molecule has 1 fully saturated rings. The van der Waals surface area contributed by atoms with Crippen molar-refractivity contribution >= 4 is 10.1 Å². The molecule has 126 valence electrons. The maximum atomic E-state index is 12.2. The van der Waals surface area contributed by atoms with Crippen LogP contribution in [0.3, 0.4) is 0 Å². The molecule has 23 heavy (non-hydrogen) atoms. The van der Waals surface area contributed by atoms with Crippen molar-refractivity contribution in [2.24, 2.45) is 5.11 Å². The lowest BCUT2D eigenvalue weighted by molar-refractivity contribution is -0.147. The molecule has 1 aliphatic rings. The third-order valence-electron chi connectivity index (χ3n) is 3.31. The van der Waals surface area contributed by atoms with Gasteiger partial charge in [-0.2, -0.15) is 8.42 Å². The number of aryl methyl sites for hydroxylation is 1. The summed E-state index contributed by atoms with van der Waals surface area (Å²) in [7, 11) is -3.88. The summed E-state index contributed by atoms with van der Waals surface area (Å²) in [5.74, 6) is -0.892. The van der Waals surface area contributed by atoms with Gasteiger partial charge >= 0.3 is 0 Å². The molecule has 0 bridgehead atoms. The van der Waals surface area contributed by atoms with E-state index in [1.807, 2.05) is 6.92 Å². The van der Waals surface area contributed by atoms with Crippen molar-refractivity contribution in [2.45, 2.75) is 43.7 Å². The number of nitrogens with zero attached hydrogens (tertiary/aromatic N) is 3. The fraction of sp³-hybridized carbons (Fsp3) is 0.571. The second-order valence-electron chi connectivity index (χ2n) is 5.68. The van der Waals surface area contributed by atoms with E-state index in [4.69, 9.17) is 19.2 Å². The van der Waals surface area contributed by atoms with E-state index >= 15 is 0 Å². The van der Waals surface area contributed by atoms with Crippen LogP contribution in [-0.4, -0.2) is 39.6 Å². The molecule has 0 N–H and O–H groups in total. The van der Waals surface area contributed by atoms with Crippen molar-refractivity contribution in [1.82, 2.24) is 0 Å². The molecule has 2 atom stereocenters. The third kappa shape index (κ3) is 4.66. The summed E-state index contributed by atoms with van der Waals surface area (Å²) < 4.78 is 40.6. The lowest BCUT2D eigenvalue weighted by Gasteiger charge is -2.16. The minimum absolute atomic E-state index is 0.0402. The number of azide groups is 1. The summed E-state index contributed by atoms with van der Waals surface area (Å²) in [4.78, 5) is 2.75. The Hall–Kier alpha value is -1.64. The highest BCUT2D eigenvalue weighted by atomic mass is 32.2. The lowest BCUT2D eigenvalue weighted by atomic mass is 10.2. The predicted octanol–water partition coefficient (Wildman–Crippen LogP) is 2.53. The van der Waals surface area contributed by atoms with Crippen LogP contribution >= 0.6 is 0 Å². The number of ether oxygens (including phenoxy) is 2. The number of rotatable bonds is 6. The predicted molar refractivity (Wildman–Crippen MR) is 82.2 cm³/mol. The van der Waals surface area contributed by atoms with Crippen LogP contribution in [0.5, 0.6) is 0 Å². The normalized spacial score (nSPS) is 23.4. The largest absolute Gasteiger partial charge is 0.344 e. The van der Waals surface area contributed by atoms with E-state index in [-0.39, 0.29) is 18.0 Å². The number of hydrogen-bond donors (Lipinski definition) is 0. The van der Waals surface area contributed by atoms with Gasteiger partial charge in [-0.15, -0.1) is 0 Å². The van der Waals surface area contributed by atoms with Crippen LogP contribution in [-0.2, 0) is 23.8 Å². The average Bonchev–Trinajstić information content (AvgIpc) is 2.78. The molecule has 9 heteroatoms. The van der Waals surface area contributed by atoms with Gasteiger partial charge < -0.3 is 9.47 Å². The van der Waals surface area contributed by atoms with Crippen molar-refractivity contribution in [3.05, 3.63) is 40.3 Å². The Balaban J connectivity index is 2.05. The quantitative estimate of drug-likeness (QED) is 0.342. The van der Waals surface area contributed by atoms with Crippen LogP contribution in [0.1, 0.15) is 19.4 Å². The molecule has 1 unspecified atom stereocenters. The monoisotopic (exact) mass is 341 g/mol. The summed E-state index contributed by atoms with van der Waals surface area (Å²) in [6.07, 6.45) is -1.20. The molecule has 0 spiro atoms. The average molecular weight is 341 g/mol. The van der Waals surface area contributed by atoms with Crippen LogP contribution in [0.25, 0.3) is 10.4 Å². The fourth-order valence-electron chi connectivity index (χ4n) is 2.25. The molecule has 8 nitrogen and oxygen atoms in total. The van der Waals surface area contributed by atoms with Gasteiger partial charge in [-0.25, -0.2) is 0 Å². The van der Waals surface area contributed by atoms with Gasteiger partial charge in [0.2, 0.25) is 0 Å². The first-order valence-electron chi connectivity index (χ1n) is 7.06. The van der Waals surface area contributed by atoms with E-state index in [1.165, 1.54) is 12.1 Å². The van der Waals surface area contributed by atoms with Gasteiger partial charge in [0.1, 0.15) is 6.10 Å². The maximum Gasteiger partial charge on any atom is 0.297 e. The third-order valence-corrected chi connectivity index (χ3v) is 4.60. The van der Waals surface area contributed by atoms with Crippen LogP contribution in [0, 0.1) is 6.92 Å². The highest BCUT2D eigenvalue weighted by Crippen LogP contribution is 2.29. The fourth-order valence-corrected chi connectivity index (χ4v) is 3.17. The van der Waals surface area contributed by atoms with Crippen molar-refractivity contribution in [3.8, 4) is 0 Å². The van der Waals surface area contributed by atoms with E-state index in [0.717, 1.165) is 5.56 Å². The summed E-state index contributed by atoms with van der Waals surface area (Å²) in [5.41, 5.74) is 9.36. The molecule has 0 amide bonds. The summed E-state index contributed by atoms with van der Waals surface area (Å²) >= 11 is 0. The van der Waals surface area contributed by atoms with Gasteiger partial charge in [0, 0.05) is 4.91 Å². The van der Waals surface area contributed by atoms with Crippen molar-refractivity contribution in [1.29, 1.82) is 0 Å². The highest BCUT2D eigenvalue weighted by molar-refractivity contribution is 7.86. The Bertz CT molecular complexity index is 696. The smallest absolute Gasteiger partial charge is 0.297 e. The van der Waals surface area contributed by atoms with Crippen molar-refractivity contribution < 1.29 is 22.1 Å². The second kappa shape index (κ2) is 6.86. The van der Waals surface area contributed by atoms with E-state index in [2.05, 4.69) is 10.0 Å². The van der Waals surface area contributed by atoms with E-state index in [9.17, 15) is 8.42 Å². The zero-order valence-electron chi connectivity index (χ0n) is 13.2. The first kappa shape index (κ1) is 17.7. The standard InChI is InChI=1S/C14H19N3O5S/c1-10-4-6-11(7-5-10)23(18,19)20-9-13-12(8-16-17-15)21-14(2,3)22-13/h4-7,12-13H,8-9H2,1-3H3/t12-,13?/m1/s1. The molecule has 1 heterocycles. The van der Waals surface area contributed by atoms with Crippen LogP contribution in [0.15, 0.2) is 34.3 Å². The second-order valence-corrected chi connectivity index (χ2v) is 7.29. The zero-order chi connectivity index (χ0) is 17.1. The molecule has 0 aliphatic carbocycles. The molecule has 0 aromatic heterocycles. The van der Waals surface area contributed by atoms with Crippen molar-refractivity contribution in [3.63, 3.8) is 0 Å². The minimum atomic E-state index is -3.88. The molecular formula is C14H19N3O5S. The molecule has 0 radical (unpaired) electrons. The van der Waals surface area contributed by atoms with Gasteiger partial charge in [0.15, 0.2) is 5.79 Å². The topological polar surface area (TPSA) is 111 Å². The van der Waals surface area contributed by atoms with Gasteiger partial charge in [-0.05, 0) is 38.4 Å². The molecule has 1 saturated heterocycles. The molecule has 1 aliphatic heterocycles. The lowest BCUT2D eigenvalue weighted by Crippen LogP contribution is -2.31. The first-order chi connectivity index (χ1) is 10.7. The molecule has 1 aromatic carbocycles. The summed E-state index contributed by atoms with van der Waals surface area (Å²) in [6, 6.07) is 6.36. The minimum Gasteiger partial charge on any atom is -0.344 e. The Morgan fingerprint density at radius 2 is 1.87 bits per heavy atom. The van der Waals surface area contributed by atoms with Crippen LogP contribution in [0.4, 0.5) is 0 Å². The SMILES string of the molecule is Cc1ccc(S(=O)(=O)OCC2OC(C)(C)O[C@@H]2CN=[N+]=[N-])cc1. The number of benzene rings is 1. The molecule has 2 rings (SSSR count). The number of hydrogen-bond acceptors (Lipinski definition) is 6. The van der Waals surface area contributed by atoms with Crippen LogP contribution < -0.4 is 0 Å². The van der Waals surface area contributed by atoms with Gasteiger partial charge in [0.25, 0.3) is 10.1 Å².